The maximum atomic E-state index is 12.8. The largest absolute Gasteiger partial charge is 0.493 e. The molecule has 2 aromatic carbocycles. The average molecular weight is 460 g/mol. The summed E-state index contributed by atoms with van der Waals surface area (Å²) in [5.41, 5.74) is 1.58. The van der Waals surface area contributed by atoms with E-state index in [1.165, 1.54) is 18.9 Å². The van der Waals surface area contributed by atoms with Crippen molar-refractivity contribution < 1.29 is 23.4 Å². The minimum Gasteiger partial charge on any atom is -0.493 e. The van der Waals surface area contributed by atoms with Crippen LogP contribution in [0.25, 0.3) is 11.5 Å². The van der Waals surface area contributed by atoms with Crippen LogP contribution in [0.3, 0.4) is 0 Å². The van der Waals surface area contributed by atoms with Crippen molar-refractivity contribution in [1.29, 1.82) is 0 Å². The van der Waals surface area contributed by atoms with Gasteiger partial charge in [0.15, 0.2) is 11.5 Å². The summed E-state index contributed by atoms with van der Waals surface area (Å²) in [5, 5.41) is 8.48. The number of hydrogen-bond acceptors (Lipinski definition) is 9. The van der Waals surface area contributed by atoms with Crippen LogP contribution >= 0.6 is 23.5 Å². The van der Waals surface area contributed by atoms with Crippen LogP contribution in [-0.2, 0) is 4.79 Å². The SMILES string of the molecule is COc1cc(-c2nnc(SCC(=O)N3CCSc4ccccc43)o2)cc(OC)c1OC. The Kier molecular flexibility index (Phi) is 6.57. The molecule has 1 aliphatic heterocycles. The molecule has 4 rings (SSSR count). The number of ether oxygens (including phenoxy) is 3. The van der Waals surface area contributed by atoms with Crippen molar-refractivity contribution >= 4 is 35.1 Å². The lowest BCUT2D eigenvalue weighted by Gasteiger charge is -2.28. The first kappa shape index (κ1) is 21.4. The fourth-order valence-electron chi connectivity index (χ4n) is 3.22. The van der Waals surface area contributed by atoms with Crippen LogP contribution in [0.5, 0.6) is 17.2 Å². The number of carbonyl (C=O) groups is 1. The van der Waals surface area contributed by atoms with Crippen molar-refractivity contribution in [2.75, 3.05) is 44.3 Å². The van der Waals surface area contributed by atoms with Gasteiger partial charge in [-0.1, -0.05) is 23.9 Å². The van der Waals surface area contributed by atoms with Gasteiger partial charge in [0.05, 0.1) is 32.8 Å². The molecule has 3 aromatic rings. The summed E-state index contributed by atoms with van der Waals surface area (Å²) in [5.74, 6) is 2.84. The summed E-state index contributed by atoms with van der Waals surface area (Å²) in [7, 11) is 4.62. The van der Waals surface area contributed by atoms with Gasteiger partial charge in [-0.05, 0) is 24.3 Å². The highest BCUT2D eigenvalue weighted by Crippen LogP contribution is 2.41. The molecule has 8 nitrogen and oxygen atoms in total. The second-order valence-electron chi connectivity index (χ2n) is 6.44. The smallest absolute Gasteiger partial charge is 0.277 e. The topological polar surface area (TPSA) is 86.9 Å². The van der Waals surface area contributed by atoms with Gasteiger partial charge in [0, 0.05) is 22.8 Å². The Balaban J connectivity index is 1.47. The third-order valence-corrected chi connectivity index (χ3v) is 6.51. The van der Waals surface area contributed by atoms with Crippen molar-refractivity contribution in [1.82, 2.24) is 10.2 Å². The summed E-state index contributed by atoms with van der Waals surface area (Å²) in [6.07, 6.45) is 0. The summed E-state index contributed by atoms with van der Waals surface area (Å²) >= 11 is 2.98. The zero-order valence-corrected chi connectivity index (χ0v) is 18.9. The Hall–Kier alpha value is -2.85. The molecule has 0 aliphatic carbocycles. The molecule has 0 spiro atoms. The Morgan fingerprint density at radius 2 is 1.87 bits per heavy atom. The fourth-order valence-corrected chi connectivity index (χ4v) is 4.85. The van der Waals surface area contributed by atoms with Crippen LogP contribution < -0.4 is 19.1 Å². The second kappa shape index (κ2) is 9.52. The lowest BCUT2D eigenvalue weighted by atomic mass is 10.2. The quantitative estimate of drug-likeness (QED) is 0.487. The van der Waals surface area contributed by atoms with E-state index in [1.807, 2.05) is 29.2 Å². The van der Waals surface area contributed by atoms with E-state index in [9.17, 15) is 4.79 Å². The number of hydrogen-bond donors (Lipinski definition) is 0. The van der Waals surface area contributed by atoms with Crippen molar-refractivity contribution in [2.24, 2.45) is 0 Å². The van der Waals surface area contributed by atoms with Crippen molar-refractivity contribution in [3.05, 3.63) is 36.4 Å². The molecule has 1 aromatic heterocycles. The van der Waals surface area contributed by atoms with Gasteiger partial charge in [-0.15, -0.1) is 22.0 Å². The van der Waals surface area contributed by atoms with Gasteiger partial charge < -0.3 is 23.5 Å². The molecule has 0 radical (unpaired) electrons. The number of thioether (sulfide) groups is 2. The van der Waals surface area contributed by atoms with Gasteiger partial charge in [-0.3, -0.25) is 4.79 Å². The van der Waals surface area contributed by atoms with E-state index in [-0.39, 0.29) is 11.7 Å². The molecular formula is C21H21N3O5S2. The lowest BCUT2D eigenvalue weighted by Crippen LogP contribution is -2.36. The molecule has 0 N–H and O–H groups in total. The van der Waals surface area contributed by atoms with Crippen LogP contribution in [0, 0.1) is 0 Å². The minimum atomic E-state index is 0.00489. The van der Waals surface area contributed by atoms with E-state index in [4.69, 9.17) is 18.6 Å². The standard InChI is InChI=1S/C21H21N3O5S2/c1-26-15-10-13(11-16(27-2)19(15)28-3)20-22-23-21(29-20)31-12-18(25)24-8-9-30-17-7-5-4-6-14(17)24/h4-7,10-11H,8-9,12H2,1-3H3. The molecule has 1 aliphatic rings. The zero-order valence-electron chi connectivity index (χ0n) is 17.3. The first-order valence-electron chi connectivity index (χ1n) is 9.43. The number of para-hydroxylation sites is 1. The highest BCUT2D eigenvalue weighted by Gasteiger charge is 2.24. The predicted octanol–water partition coefficient (Wildman–Crippen LogP) is 3.99. The van der Waals surface area contributed by atoms with E-state index < -0.39 is 0 Å². The molecule has 0 atom stereocenters. The van der Waals surface area contributed by atoms with Crippen LogP contribution in [0.1, 0.15) is 0 Å². The maximum Gasteiger partial charge on any atom is 0.277 e. The number of rotatable bonds is 7. The summed E-state index contributed by atoms with van der Waals surface area (Å²) in [4.78, 5) is 15.7. The molecule has 162 valence electrons. The molecule has 1 amide bonds. The van der Waals surface area contributed by atoms with Crippen molar-refractivity contribution in [3.8, 4) is 28.7 Å². The number of aromatic nitrogens is 2. The fraction of sp³-hybridized carbons (Fsp3) is 0.286. The molecule has 10 heteroatoms. The Labute approximate surface area is 188 Å². The highest BCUT2D eigenvalue weighted by atomic mass is 32.2. The van der Waals surface area contributed by atoms with Gasteiger partial charge in [-0.2, -0.15) is 0 Å². The first-order valence-corrected chi connectivity index (χ1v) is 11.4. The van der Waals surface area contributed by atoms with Crippen molar-refractivity contribution in [2.45, 2.75) is 10.1 Å². The Morgan fingerprint density at radius 3 is 2.58 bits per heavy atom. The second-order valence-corrected chi connectivity index (χ2v) is 8.50. The van der Waals surface area contributed by atoms with Crippen molar-refractivity contribution in [3.63, 3.8) is 0 Å². The third kappa shape index (κ3) is 4.45. The Morgan fingerprint density at radius 1 is 1.13 bits per heavy atom. The van der Waals surface area contributed by atoms with Gasteiger partial charge in [-0.25, -0.2) is 0 Å². The molecule has 0 saturated heterocycles. The monoisotopic (exact) mass is 459 g/mol. The number of benzene rings is 2. The van der Waals surface area contributed by atoms with E-state index >= 15 is 0 Å². The van der Waals surface area contributed by atoms with Gasteiger partial charge in [0.25, 0.3) is 5.22 Å². The summed E-state index contributed by atoms with van der Waals surface area (Å²) in [6.45, 7) is 0.682. The van der Waals surface area contributed by atoms with Crippen LogP contribution in [-0.4, -0.2) is 55.5 Å². The number of nitrogens with zero attached hydrogens (tertiary/aromatic N) is 3. The van der Waals surface area contributed by atoms with E-state index in [1.54, 1.807) is 38.1 Å². The minimum absolute atomic E-state index is 0.00489. The number of anilines is 1. The molecule has 0 saturated carbocycles. The molecular weight excluding hydrogens is 438 g/mol. The molecule has 0 bridgehead atoms. The van der Waals surface area contributed by atoms with E-state index in [0.29, 0.717) is 40.5 Å². The van der Waals surface area contributed by atoms with Crippen LogP contribution in [0.15, 0.2) is 50.9 Å². The van der Waals surface area contributed by atoms with Gasteiger partial charge in [0.2, 0.25) is 17.5 Å². The lowest BCUT2D eigenvalue weighted by molar-refractivity contribution is -0.116. The Bertz CT molecular complexity index is 1060. The first-order chi connectivity index (χ1) is 15.1. The third-order valence-electron chi connectivity index (χ3n) is 4.67. The average Bonchev–Trinajstić information content (AvgIpc) is 3.30. The summed E-state index contributed by atoms with van der Waals surface area (Å²) < 4.78 is 21.8. The molecule has 0 fully saturated rings. The van der Waals surface area contributed by atoms with Crippen LogP contribution in [0.2, 0.25) is 0 Å². The number of carbonyl (C=O) groups excluding carboxylic acids is 1. The zero-order chi connectivity index (χ0) is 21.8. The number of fused-ring (bicyclic) bond motifs is 1. The van der Waals surface area contributed by atoms with E-state index in [2.05, 4.69) is 10.2 Å². The highest BCUT2D eigenvalue weighted by molar-refractivity contribution is 8.00. The molecule has 0 unspecified atom stereocenters. The maximum absolute atomic E-state index is 12.8. The normalized spacial score (nSPS) is 12.9. The summed E-state index contributed by atoms with van der Waals surface area (Å²) in [6, 6.07) is 11.4. The number of methoxy groups -OCH3 is 3. The van der Waals surface area contributed by atoms with E-state index in [0.717, 1.165) is 16.3 Å². The van der Waals surface area contributed by atoms with Gasteiger partial charge in [0.1, 0.15) is 0 Å². The molecule has 31 heavy (non-hydrogen) atoms. The number of amides is 1. The van der Waals surface area contributed by atoms with Crippen LogP contribution in [0.4, 0.5) is 5.69 Å². The molecule has 2 heterocycles. The predicted molar refractivity (Wildman–Crippen MR) is 120 cm³/mol. The van der Waals surface area contributed by atoms with Gasteiger partial charge >= 0.3 is 0 Å².